The van der Waals surface area contributed by atoms with Crippen molar-refractivity contribution >= 4 is 11.3 Å². The van der Waals surface area contributed by atoms with E-state index in [-0.39, 0.29) is 6.04 Å². The zero-order chi connectivity index (χ0) is 9.84. The van der Waals surface area contributed by atoms with Crippen molar-refractivity contribution in [3.63, 3.8) is 0 Å². The van der Waals surface area contributed by atoms with E-state index in [0.29, 0.717) is 6.61 Å². The minimum Gasteiger partial charge on any atom is -0.375 e. The fourth-order valence-electron chi connectivity index (χ4n) is 1.14. The number of thiazole rings is 1. The average molecular weight is 200 g/mol. The molecule has 3 nitrogen and oxygen atoms in total. The predicted molar refractivity (Wildman–Crippen MR) is 54.8 cm³/mol. The molecule has 0 aliphatic carbocycles. The molecule has 1 unspecified atom stereocenters. The minimum absolute atomic E-state index is 0.0767. The van der Waals surface area contributed by atoms with Gasteiger partial charge < -0.3 is 10.5 Å². The zero-order valence-corrected chi connectivity index (χ0v) is 9.15. The summed E-state index contributed by atoms with van der Waals surface area (Å²) in [5.41, 5.74) is 6.82. The van der Waals surface area contributed by atoms with Crippen LogP contribution >= 0.6 is 11.3 Å². The average Bonchev–Trinajstić information content (AvgIpc) is 2.43. The third-order valence-electron chi connectivity index (χ3n) is 1.72. The van der Waals surface area contributed by atoms with Gasteiger partial charge in [-0.2, -0.15) is 0 Å². The lowest BCUT2D eigenvalue weighted by atomic mass is 10.2. The molecule has 0 spiro atoms. The van der Waals surface area contributed by atoms with E-state index in [1.54, 1.807) is 11.3 Å². The summed E-state index contributed by atoms with van der Waals surface area (Å²) in [5.74, 6) is 0. The van der Waals surface area contributed by atoms with Crippen molar-refractivity contribution in [2.45, 2.75) is 33.4 Å². The van der Waals surface area contributed by atoms with Crippen molar-refractivity contribution in [3.8, 4) is 0 Å². The fourth-order valence-corrected chi connectivity index (χ4v) is 2.10. The van der Waals surface area contributed by atoms with Crippen LogP contribution in [0.15, 0.2) is 0 Å². The van der Waals surface area contributed by atoms with Crippen molar-refractivity contribution in [2.24, 2.45) is 5.73 Å². The zero-order valence-electron chi connectivity index (χ0n) is 8.33. The standard InChI is InChI=1S/C9H16N2OS/c1-4-12-5-8-11-7(3)9(13-8)6(2)10/h6H,4-5,10H2,1-3H3. The SMILES string of the molecule is CCOCc1nc(C)c(C(C)N)s1. The topological polar surface area (TPSA) is 48.1 Å². The molecule has 1 rings (SSSR count). The Bertz CT molecular complexity index is 271. The van der Waals surface area contributed by atoms with Crippen LogP contribution in [0.5, 0.6) is 0 Å². The predicted octanol–water partition coefficient (Wildman–Crippen LogP) is 2.01. The number of nitrogens with two attached hydrogens (primary N) is 1. The molecule has 0 fully saturated rings. The fraction of sp³-hybridized carbons (Fsp3) is 0.667. The third kappa shape index (κ3) is 2.76. The molecule has 13 heavy (non-hydrogen) atoms. The van der Waals surface area contributed by atoms with E-state index in [4.69, 9.17) is 10.5 Å². The van der Waals surface area contributed by atoms with Crippen molar-refractivity contribution in [2.75, 3.05) is 6.61 Å². The Morgan fingerprint density at radius 2 is 2.31 bits per heavy atom. The van der Waals surface area contributed by atoms with Crippen LogP contribution in [0, 0.1) is 6.92 Å². The normalized spacial score (nSPS) is 13.2. The van der Waals surface area contributed by atoms with Gasteiger partial charge in [-0.1, -0.05) is 0 Å². The lowest BCUT2D eigenvalue weighted by molar-refractivity contribution is 0.134. The molecule has 0 saturated carbocycles. The molecular weight excluding hydrogens is 184 g/mol. The van der Waals surface area contributed by atoms with Crippen molar-refractivity contribution < 1.29 is 4.74 Å². The number of rotatable bonds is 4. The summed E-state index contributed by atoms with van der Waals surface area (Å²) in [6.45, 7) is 7.28. The van der Waals surface area contributed by atoms with E-state index in [1.165, 1.54) is 0 Å². The van der Waals surface area contributed by atoms with Gasteiger partial charge in [0.05, 0.1) is 12.3 Å². The molecule has 0 aliphatic rings. The van der Waals surface area contributed by atoms with Crippen molar-refractivity contribution in [1.82, 2.24) is 4.98 Å². The van der Waals surface area contributed by atoms with Crippen LogP contribution in [0.1, 0.15) is 35.5 Å². The number of aryl methyl sites for hydroxylation is 1. The summed E-state index contributed by atoms with van der Waals surface area (Å²) in [4.78, 5) is 5.54. The van der Waals surface area contributed by atoms with Crippen LogP contribution in [0.25, 0.3) is 0 Å². The van der Waals surface area contributed by atoms with Crippen LogP contribution < -0.4 is 5.73 Å². The maximum Gasteiger partial charge on any atom is 0.119 e. The summed E-state index contributed by atoms with van der Waals surface area (Å²) in [7, 11) is 0. The van der Waals surface area contributed by atoms with Gasteiger partial charge >= 0.3 is 0 Å². The highest BCUT2D eigenvalue weighted by molar-refractivity contribution is 7.11. The first-order valence-electron chi connectivity index (χ1n) is 4.44. The number of aromatic nitrogens is 1. The Kier molecular flexibility index (Phi) is 3.84. The van der Waals surface area contributed by atoms with Gasteiger partial charge in [0.1, 0.15) is 5.01 Å². The number of hydrogen-bond donors (Lipinski definition) is 1. The van der Waals surface area contributed by atoms with E-state index in [9.17, 15) is 0 Å². The molecule has 1 atom stereocenters. The third-order valence-corrected chi connectivity index (χ3v) is 3.05. The van der Waals surface area contributed by atoms with Gasteiger partial charge in [0.25, 0.3) is 0 Å². The molecule has 0 radical (unpaired) electrons. The highest BCUT2D eigenvalue weighted by Gasteiger charge is 2.10. The monoisotopic (exact) mass is 200 g/mol. The van der Waals surface area contributed by atoms with E-state index in [1.807, 2.05) is 20.8 Å². The van der Waals surface area contributed by atoms with Gasteiger partial charge in [0.2, 0.25) is 0 Å². The minimum atomic E-state index is 0.0767. The molecule has 0 amide bonds. The molecule has 0 bridgehead atoms. The van der Waals surface area contributed by atoms with Crippen molar-refractivity contribution in [3.05, 3.63) is 15.6 Å². The van der Waals surface area contributed by atoms with Crippen LogP contribution in [0.4, 0.5) is 0 Å². The van der Waals surface area contributed by atoms with Crippen LogP contribution in [-0.4, -0.2) is 11.6 Å². The number of ether oxygens (including phenoxy) is 1. The molecule has 0 aliphatic heterocycles. The summed E-state index contributed by atoms with van der Waals surface area (Å²) in [6, 6.07) is 0.0767. The van der Waals surface area contributed by atoms with E-state index in [2.05, 4.69) is 4.98 Å². The van der Waals surface area contributed by atoms with Gasteiger partial charge in [-0.15, -0.1) is 11.3 Å². The first kappa shape index (κ1) is 10.6. The molecular formula is C9H16N2OS. The molecule has 2 N–H and O–H groups in total. The highest BCUT2D eigenvalue weighted by Crippen LogP contribution is 2.23. The Balaban J connectivity index is 2.71. The van der Waals surface area contributed by atoms with E-state index < -0.39 is 0 Å². The Morgan fingerprint density at radius 3 is 2.77 bits per heavy atom. The Labute approximate surface area is 82.9 Å². The summed E-state index contributed by atoms with van der Waals surface area (Å²) < 4.78 is 5.27. The molecule has 1 aromatic rings. The van der Waals surface area contributed by atoms with Crippen LogP contribution in [0.2, 0.25) is 0 Å². The van der Waals surface area contributed by atoms with Gasteiger partial charge in [0, 0.05) is 17.5 Å². The second kappa shape index (κ2) is 4.69. The molecule has 4 heteroatoms. The smallest absolute Gasteiger partial charge is 0.119 e. The number of nitrogens with zero attached hydrogens (tertiary/aromatic N) is 1. The van der Waals surface area contributed by atoms with Gasteiger partial charge in [-0.25, -0.2) is 4.98 Å². The van der Waals surface area contributed by atoms with E-state index >= 15 is 0 Å². The lowest BCUT2D eigenvalue weighted by Crippen LogP contribution is -2.03. The van der Waals surface area contributed by atoms with Gasteiger partial charge in [-0.05, 0) is 20.8 Å². The first-order chi connectivity index (χ1) is 6.15. The first-order valence-corrected chi connectivity index (χ1v) is 5.26. The maximum atomic E-state index is 5.79. The van der Waals surface area contributed by atoms with Crippen LogP contribution in [-0.2, 0) is 11.3 Å². The molecule has 74 valence electrons. The second-order valence-electron chi connectivity index (χ2n) is 2.98. The van der Waals surface area contributed by atoms with Crippen LogP contribution in [0.3, 0.4) is 0 Å². The molecule has 0 aromatic carbocycles. The Morgan fingerprint density at radius 1 is 1.62 bits per heavy atom. The quantitative estimate of drug-likeness (QED) is 0.808. The van der Waals surface area contributed by atoms with E-state index in [0.717, 1.165) is 22.2 Å². The summed E-state index contributed by atoms with van der Waals surface area (Å²) in [6.07, 6.45) is 0. The maximum absolute atomic E-state index is 5.79. The summed E-state index contributed by atoms with van der Waals surface area (Å²) >= 11 is 1.65. The molecule has 0 saturated heterocycles. The second-order valence-corrected chi connectivity index (χ2v) is 4.10. The summed E-state index contributed by atoms with van der Waals surface area (Å²) in [5, 5.41) is 1.02. The number of hydrogen-bond acceptors (Lipinski definition) is 4. The van der Waals surface area contributed by atoms with Crippen molar-refractivity contribution in [1.29, 1.82) is 0 Å². The molecule has 1 heterocycles. The largest absolute Gasteiger partial charge is 0.375 e. The lowest BCUT2D eigenvalue weighted by Gasteiger charge is -1.99. The highest BCUT2D eigenvalue weighted by atomic mass is 32.1. The van der Waals surface area contributed by atoms with Gasteiger partial charge in [0.15, 0.2) is 0 Å². The molecule has 1 aromatic heterocycles. The Hall–Kier alpha value is -0.450. The van der Waals surface area contributed by atoms with Gasteiger partial charge in [-0.3, -0.25) is 0 Å².